The Morgan fingerprint density at radius 1 is 1.36 bits per heavy atom. The maximum Gasteiger partial charge on any atom is 0.223 e. The maximum atomic E-state index is 12.6. The molecule has 1 amide bonds. The molecular formula is C18H21NO2S. The van der Waals surface area contributed by atoms with Crippen LogP contribution in [0.5, 0.6) is 5.75 Å². The number of hydrogen-bond acceptors (Lipinski definition) is 3. The number of rotatable bonds is 5. The first-order valence-corrected chi connectivity index (χ1v) is 8.61. The van der Waals surface area contributed by atoms with Gasteiger partial charge in [0.1, 0.15) is 5.75 Å². The Kier molecular flexibility index (Phi) is 4.78. The third-order valence-electron chi connectivity index (χ3n) is 4.22. The van der Waals surface area contributed by atoms with Crippen LogP contribution in [-0.2, 0) is 11.2 Å². The zero-order valence-electron chi connectivity index (χ0n) is 12.8. The molecule has 0 aliphatic carbocycles. The molecule has 1 aromatic heterocycles. The topological polar surface area (TPSA) is 29.5 Å². The van der Waals surface area contributed by atoms with Crippen LogP contribution in [-0.4, -0.2) is 24.5 Å². The molecule has 1 aliphatic heterocycles. The van der Waals surface area contributed by atoms with Gasteiger partial charge in [0.15, 0.2) is 0 Å². The second kappa shape index (κ2) is 6.97. The quantitative estimate of drug-likeness (QED) is 0.833. The van der Waals surface area contributed by atoms with Crippen molar-refractivity contribution >= 4 is 17.2 Å². The Labute approximate surface area is 135 Å². The molecule has 0 bridgehead atoms. The highest BCUT2D eigenvalue weighted by atomic mass is 32.1. The van der Waals surface area contributed by atoms with Crippen molar-refractivity contribution in [2.75, 3.05) is 13.7 Å². The lowest BCUT2D eigenvalue weighted by molar-refractivity contribution is -0.132. The molecule has 1 saturated heterocycles. The monoisotopic (exact) mass is 315 g/mol. The molecule has 1 unspecified atom stereocenters. The van der Waals surface area contributed by atoms with Gasteiger partial charge in [-0.3, -0.25) is 4.79 Å². The molecule has 1 aromatic carbocycles. The molecular weight excluding hydrogens is 294 g/mol. The van der Waals surface area contributed by atoms with Gasteiger partial charge in [0.05, 0.1) is 13.2 Å². The number of ether oxygens (including phenoxy) is 1. The summed E-state index contributed by atoms with van der Waals surface area (Å²) in [4.78, 5) is 15.9. The summed E-state index contributed by atoms with van der Waals surface area (Å²) in [5.41, 5.74) is 1.18. The van der Waals surface area contributed by atoms with E-state index in [0.717, 1.165) is 31.6 Å². The van der Waals surface area contributed by atoms with E-state index in [4.69, 9.17) is 4.74 Å². The van der Waals surface area contributed by atoms with Gasteiger partial charge in [-0.05, 0) is 48.4 Å². The van der Waals surface area contributed by atoms with E-state index in [2.05, 4.69) is 23.6 Å². The minimum atomic E-state index is 0.200. The second-order valence-corrected chi connectivity index (χ2v) is 6.63. The highest BCUT2D eigenvalue weighted by Gasteiger charge is 2.29. The van der Waals surface area contributed by atoms with Crippen LogP contribution in [0.4, 0.5) is 0 Å². The van der Waals surface area contributed by atoms with Crippen LogP contribution in [0.3, 0.4) is 0 Å². The average Bonchev–Trinajstić information content (AvgIpc) is 3.24. The number of benzene rings is 1. The first-order chi connectivity index (χ1) is 10.8. The molecule has 3 nitrogen and oxygen atoms in total. The van der Waals surface area contributed by atoms with Gasteiger partial charge in [-0.25, -0.2) is 0 Å². The fraction of sp³-hybridized carbons (Fsp3) is 0.389. The summed E-state index contributed by atoms with van der Waals surface area (Å²) in [5.74, 6) is 1.12. The minimum absolute atomic E-state index is 0.200. The summed E-state index contributed by atoms with van der Waals surface area (Å²) in [7, 11) is 1.68. The van der Waals surface area contributed by atoms with Crippen LogP contribution in [0.25, 0.3) is 0 Å². The summed E-state index contributed by atoms with van der Waals surface area (Å²) in [6.07, 6.45) is 3.56. The molecule has 0 saturated carbocycles. The van der Waals surface area contributed by atoms with Crippen LogP contribution >= 0.6 is 11.3 Å². The van der Waals surface area contributed by atoms with Crippen LogP contribution in [0.1, 0.15) is 35.7 Å². The third kappa shape index (κ3) is 3.33. The van der Waals surface area contributed by atoms with Gasteiger partial charge in [0.2, 0.25) is 5.91 Å². The first kappa shape index (κ1) is 15.1. The molecule has 0 radical (unpaired) electrons. The molecule has 3 rings (SSSR count). The fourth-order valence-corrected chi connectivity index (χ4v) is 3.80. The molecule has 1 fully saturated rings. The summed E-state index contributed by atoms with van der Waals surface area (Å²) in [6.45, 7) is 0.866. The fourth-order valence-electron chi connectivity index (χ4n) is 3.09. The van der Waals surface area contributed by atoms with Crippen molar-refractivity contribution in [1.29, 1.82) is 0 Å². The number of carbonyl (C=O) groups is 1. The van der Waals surface area contributed by atoms with E-state index in [1.807, 2.05) is 23.1 Å². The molecule has 22 heavy (non-hydrogen) atoms. The van der Waals surface area contributed by atoms with Crippen molar-refractivity contribution in [3.63, 3.8) is 0 Å². The lowest BCUT2D eigenvalue weighted by atomic mass is 10.0. The number of aryl methyl sites for hydroxylation is 1. The molecule has 2 aromatic rings. The summed E-state index contributed by atoms with van der Waals surface area (Å²) >= 11 is 1.72. The molecule has 116 valence electrons. The normalized spacial score (nSPS) is 17.7. The van der Waals surface area contributed by atoms with Gasteiger partial charge in [-0.15, -0.1) is 11.3 Å². The van der Waals surface area contributed by atoms with E-state index in [1.165, 1.54) is 10.4 Å². The minimum Gasteiger partial charge on any atom is -0.497 e. The van der Waals surface area contributed by atoms with E-state index in [9.17, 15) is 4.79 Å². The van der Waals surface area contributed by atoms with Crippen molar-refractivity contribution in [2.24, 2.45) is 0 Å². The maximum absolute atomic E-state index is 12.6. The van der Waals surface area contributed by atoms with Gasteiger partial charge in [-0.1, -0.05) is 18.2 Å². The summed E-state index contributed by atoms with van der Waals surface area (Å²) in [6, 6.07) is 12.4. The van der Waals surface area contributed by atoms with Crippen LogP contribution in [0.2, 0.25) is 0 Å². The Balaban J connectivity index is 1.68. The average molecular weight is 315 g/mol. The van der Waals surface area contributed by atoms with Crippen molar-refractivity contribution in [3.8, 4) is 5.75 Å². The van der Waals surface area contributed by atoms with Crippen LogP contribution < -0.4 is 4.74 Å². The van der Waals surface area contributed by atoms with Gasteiger partial charge in [0.25, 0.3) is 0 Å². The molecule has 0 N–H and O–H groups in total. The summed E-state index contributed by atoms with van der Waals surface area (Å²) < 4.78 is 5.30. The highest BCUT2D eigenvalue weighted by Crippen LogP contribution is 2.34. The number of thiophene rings is 1. The number of methoxy groups -OCH3 is 1. The van der Waals surface area contributed by atoms with Crippen molar-refractivity contribution in [3.05, 3.63) is 52.2 Å². The Hall–Kier alpha value is -1.81. The van der Waals surface area contributed by atoms with Gasteiger partial charge < -0.3 is 9.64 Å². The van der Waals surface area contributed by atoms with Gasteiger partial charge >= 0.3 is 0 Å². The van der Waals surface area contributed by atoms with Crippen molar-refractivity contribution in [2.45, 2.75) is 31.7 Å². The molecule has 4 heteroatoms. The van der Waals surface area contributed by atoms with E-state index in [-0.39, 0.29) is 11.9 Å². The van der Waals surface area contributed by atoms with Gasteiger partial charge in [-0.2, -0.15) is 0 Å². The lowest BCUT2D eigenvalue weighted by Crippen LogP contribution is -2.30. The van der Waals surface area contributed by atoms with Crippen LogP contribution in [0.15, 0.2) is 41.8 Å². The predicted octanol–water partition coefficient (Wildman–Crippen LogP) is 4.05. The number of hydrogen-bond donors (Lipinski definition) is 0. The highest BCUT2D eigenvalue weighted by molar-refractivity contribution is 7.09. The smallest absolute Gasteiger partial charge is 0.223 e. The van der Waals surface area contributed by atoms with E-state index in [0.29, 0.717) is 6.42 Å². The SMILES string of the molecule is COc1cccc(C2CCCN2C(=O)CCc2cccs2)c1. The Morgan fingerprint density at radius 2 is 2.27 bits per heavy atom. The Bertz CT molecular complexity index is 624. The number of carbonyl (C=O) groups excluding carboxylic acids is 1. The zero-order chi connectivity index (χ0) is 15.4. The Morgan fingerprint density at radius 3 is 3.05 bits per heavy atom. The first-order valence-electron chi connectivity index (χ1n) is 7.74. The number of amides is 1. The second-order valence-electron chi connectivity index (χ2n) is 5.60. The van der Waals surface area contributed by atoms with E-state index >= 15 is 0 Å². The van der Waals surface area contributed by atoms with E-state index < -0.39 is 0 Å². The predicted molar refractivity (Wildman–Crippen MR) is 89.3 cm³/mol. The molecule has 1 aliphatic rings. The summed E-state index contributed by atoms with van der Waals surface area (Å²) in [5, 5.41) is 2.06. The third-order valence-corrected chi connectivity index (χ3v) is 5.15. The molecule has 1 atom stereocenters. The zero-order valence-corrected chi connectivity index (χ0v) is 13.6. The van der Waals surface area contributed by atoms with Crippen molar-refractivity contribution in [1.82, 2.24) is 4.90 Å². The van der Waals surface area contributed by atoms with Crippen molar-refractivity contribution < 1.29 is 9.53 Å². The standard InChI is InChI=1S/C18H21NO2S/c1-21-15-6-2-5-14(13-15)17-8-3-11-19(17)18(20)10-9-16-7-4-12-22-16/h2,4-7,12-13,17H,3,8-11H2,1H3. The molecule has 2 heterocycles. The molecule has 0 spiro atoms. The largest absolute Gasteiger partial charge is 0.497 e. The number of likely N-dealkylation sites (tertiary alicyclic amines) is 1. The van der Waals surface area contributed by atoms with Crippen LogP contribution in [0, 0.1) is 0 Å². The van der Waals surface area contributed by atoms with Gasteiger partial charge in [0, 0.05) is 17.8 Å². The number of nitrogens with zero attached hydrogens (tertiary/aromatic N) is 1. The van der Waals surface area contributed by atoms with E-state index in [1.54, 1.807) is 18.4 Å². The lowest BCUT2D eigenvalue weighted by Gasteiger charge is -2.25.